The van der Waals surface area contributed by atoms with Gasteiger partial charge < -0.3 is 9.42 Å². The summed E-state index contributed by atoms with van der Waals surface area (Å²) in [5.41, 5.74) is 1.38. The van der Waals surface area contributed by atoms with E-state index in [9.17, 15) is 9.18 Å². The fourth-order valence-electron chi connectivity index (χ4n) is 1.97. The number of benzene rings is 1. The molecule has 0 fully saturated rings. The third kappa shape index (κ3) is 3.40. The molecule has 0 bridgehead atoms. The smallest absolute Gasteiger partial charge is 0.323 e. The van der Waals surface area contributed by atoms with E-state index in [1.807, 2.05) is 6.92 Å². The molecule has 0 spiro atoms. The number of aromatic nitrogens is 3. The van der Waals surface area contributed by atoms with Crippen molar-refractivity contribution in [2.45, 2.75) is 13.0 Å². The fraction of sp³-hybridized carbons (Fsp3) is 0.200. The van der Waals surface area contributed by atoms with Crippen molar-refractivity contribution in [3.8, 4) is 10.6 Å². The van der Waals surface area contributed by atoms with Crippen LogP contribution >= 0.6 is 11.3 Å². The highest BCUT2D eigenvalue weighted by Crippen LogP contribution is 2.27. The van der Waals surface area contributed by atoms with E-state index >= 15 is 0 Å². The molecule has 7 nitrogen and oxygen atoms in total. The predicted molar refractivity (Wildman–Crippen MR) is 87.0 cm³/mol. The van der Waals surface area contributed by atoms with Crippen LogP contribution in [0.15, 0.2) is 41.1 Å². The number of halogens is 1. The summed E-state index contributed by atoms with van der Waals surface area (Å²) in [6.07, 6.45) is 1.46. The third-order valence-corrected chi connectivity index (χ3v) is 4.40. The second kappa shape index (κ2) is 6.75. The molecule has 2 aromatic heterocycles. The standard InChI is InChI=1S/C15H14FN5O2S/c1-9(12-7-8-23-20-12)21(2)15(22)17-14-19-18-13(24-14)10-3-5-11(16)6-4-10/h3-9H,1-2H3,(H,17,19,22). The Bertz CT molecular complexity index is 819. The van der Waals surface area contributed by atoms with E-state index in [-0.39, 0.29) is 17.9 Å². The maximum Gasteiger partial charge on any atom is 0.323 e. The second-order valence-electron chi connectivity index (χ2n) is 5.06. The highest BCUT2D eigenvalue weighted by atomic mass is 32.1. The Morgan fingerprint density at radius 3 is 2.71 bits per heavy atom. The van der Waals surface area contributed by atoms with E-state index in [2.05, 4.69) is 20.7 Å². The van der Waals surface area contributed by atoms with Gasteiger partial charge in [0.1, 0.15) is 22.8 Å². The van der Waals surface area contributed by atoms with Crippen molar-refractivity contribution in [3.63, 3.8) is 0 Å². The number of nitrogens with zero attached hydrogens (tertiary/aromatic N) is 4. The van der Waals surface area contributed by atoms with Crippen molar-refractivity contribution in [1.29, 1.82) is 0 Å². The molecule has 0 aliphatic rings. The Hall–Kier alpha value is -2.81. The monoisotopic (exact) mass is 347 g/mol. The summed E-state index contributed by atoms with van der Waals surface area (Å²) in [5, 5.41) is 15.4. The van der Waals surface area contributed by atoms with Crippen LogP contribution in [0.1, 0.15) is 18.7 Å². The van der Waals surface area contributed by atoms with E-state index in [1.165, 1.54) is 34.6 Å². The van der Waals surface area contributed by atoms with Crippen LogP contribution in [0.3, 0.4) is 0 Å². The summed E-state index contributed by atoms with van der Waals surface area (Å²) >= 11 is 1.21. The molecule has 9 heteroatoms. The first-order valence-electron chi connectivity index (χ1n) is 7.08. The van der Waals surface area contributed by atoms with Gasteiger partial charge in [-0.3, -0.25) is 5.32 Å². The molecule has 0 aliphatic heterocycles. The van der Waals surface area contributed by atoms with Gasteiger partial charge >= 0.3 is 6.03 Å². The molecular weight excluding hydrogens is 333 g/mol. The number of rotatable bonds is 4. The quantitative estimate of drug-likeness (QED) is 0.780. The number of anilines is 1. The lowest BCUT2D eigenvalue weighted by Gasteiger charge is -2.22. The molecule has 0 saturated carbocycles. The lowest BCUT2D eigenvalue weighted by Crippen LogP contribution is -2.33. The number of amides is 2. The Balaban J connectivity index is 1.68. The summed E-state index contributed by atoms with van der Waals surface area (Å²) in [6, 6.07) is 7.03. The summed E-state index contributed by atoms with van der Waals surface area (Å²) < 4.78 is 17.7. The number of urea groups is 1. The SMILES string of the molecule is CC(c1ccon1)N(C)C(=O)Nc1nnc(-c2ccc(F)cc2)s1. The van der Waals surface area contributed by atoms with Gasteiger partial charge in [0.2, 0.25) is 5.13 Å². The molecule has 24 heavy (non-hydrogen) atoms. The van der Waals surface area contributed by atoms with Crippen LogP contribution in [0.25, 0.3) is 10.6 Å². The summed E-state index contributed by atoms with van der Waals surface area (Å²) in [4.78, 5) is 13.8. The summed E-state index contributed by atoms with van der Waals surface area (Å²) in [6.45, 7) is 1.83. The molecule has 3 aromatic rings. The van der Waals surface area contributed by atoms with E-state index in [0.29, 0.717) is 15.8 Å². The lowest BCUT2D eigenvalue weighted by atomic mass is 10.2. The van der Waals surface area contributed by atoms with Crippen molar-refractivity contribution in [3.05, 3.63) is 48.1 Å². The molecule has 2 amide bonds. The van der Waals surface area contributed by atoms with Crippen LogP contribution in [0.5, 0.6) is 0 Å². The molecule has 1 atom stereocenters. The summed E-state index contributed by atoms with van der Waals surface area (Å²) in [7, 11) is 1.65. The molecule has 2 heterocycles. The first kappa shape index (κ1) is 16.1. The minimum atomic E-state index is -0.340. The van der Waals surface area contributed by atoms with E-state index < -0.39 is 0 Å². The second-order valence-corrected chi connectivity index (χ2v) is 6.04. The molecule has 1 unspecified atom stereocenters. The largest absolute Gasteiger partial charge is 0.364 e. The van der Waals surface area contributed by atoms with Crippen LogP contribution < -0.4 is 5.32 Å². The van der Waals surface area contributed by atoms with Gasteiger partial charge in [-0.1, -0.05) is 16.5 Å². The Morgan fingerprint density at radius 2 is 2.04 bits per heavy atom. The van der Waals surface area contributed by atoms with Gasteiger partial charge in [0.05, 0.1) is 6.04 Å². The van der Waals surface area contributed by atoms with E-state index in [0.717, 1.165) is 5.56 Å². The molecule has 3 rings (SSSR count). The van der Waals surface area contributed by atoms with Gasteiger partial charge in [-0.15, -0.1) is 10.2 Å². The summed E-state index contributed by atoms with van der Waals surface area (Å²) in [5.74, 6) is -0.319. The van der Waals surface area contributed by atoms with Gasteiger partial charge in [-0.2, -0.15) is 0 Å². The molecule has 1 aromatic carbocycles. The average molecular weight is 347 g/mol. The maximum atomic E-state index is 13.0. The van der Waals surface area contributed by atoms with Crippen molar-refractivity contribution in [2.75, 3.05) is 12.4 Å². The van der Waals surface area contributed by atoms with Crippen LogP contribution in [-0.4, -0.2) is 33.3 Å². The zero-order valence-electron chi connectivity index (χ0n) is 12.9. The lowest BCUT2D eigenvalue weighted by molar-refractivity contribution is 0.206. The molecule has 0 aliphatic carbocycles. The van der Waals surface area contributed by atoms with Crippen molar-refractivity contribution in [2.24, 2.45) is 0 Å². The minimum absolute atomic E-state index is 0.256. The molecule has 0 radical (unpaired) electrons. The highest BCUT2D eigenvalue weighted by Gasteiger charge is 2.20. The Morgan fingerprint density at radius 1 is 1.29 bits per heavy atom. The Kier molecular flexibility index (Phi) is 4.52. The third-order valence-electron chi connectivity index (χ3n) is 3.52. The number of carbonyl (C=O) groups excluding carboxylic acids is 1. The van der Waals surface area contributed by atoms with Crippen LogP contribution in [0.2, 0.25) is 0 Å². The van der Waals surface area contributed by atoms with Crippen LogP contribution in [0, 0.1) is 5.82 Å². The predicted octanol–water partition coefficient (Wildman–Crippen LogP) is 3.56. The minimum Gasteiger partial charge on any atom is -0.364 e. The van der Waals surface area contributed by atoms with Crippen LogP contribution in [-0.2, 0) is 0 Å². The molecular formula is C15H14FN5O2S. The van der Waals surface area contributed by atoms with Crippen molar-refractivity contribution < 1.29 is 13.7 Å². The average Bonchev–Trinajstić information content (AvgIpc) is 3.26. The Labute approximate surface area is 141 Å². The maximum absolute atomic E-state index is 13.0. The zero-order chi connectivity index (χ0) is 17.1. The molecule has 0 saturated heterocycles. The highest BCUT2D eigenvalue weighted by molar-refractivity contribution is 7.18. The van der Waals surface area contributed by atoms with Crippen LogP contribution in [0.4, 0.5) is 14.3 Å². The number of hydrogen-bond donors (Lipinski definition) is 1. The number of hydrogen-bond acceptors (Lipinski definition) is 6. The van der Waals surface area contributed by atoms with Crippen molar-refractivity contribution in [1.82, 2.24) is 20.3 Å². The number of nitrogens with one attached hydrogen (secondary N) is 1. The molecule has 124 valence electrons. The normalized spacial score (nSPS) is 12.0. The van der Waals surface area contributed by atoms with Gasteiger partial charge in [0.25, 0.3) is 0 Å². The van der Waals surface area contributed by atoms with Gasteiger partial charge in [0.15, 0.2) is 0 Å². The topological polar surface area (TPSA) is 84.2 Å². The zero-order valence-corrected chi connectivity index (χ0v) is 13.7. The number of carbonyl (C=O) groups is 1. The van der Waals surface area contributed by atoms with E-state index in [4.69, 9.17) is 4.52 Å². The first-order valence-corrected chi connectivity index (χ1v) is 7.90. The molecule has 1 N–H and O–H groups in total. The van der Waals surface area contributed by atoms with Gasteiger partial charge in [-0.25, -0.2) is 9.18 Å². The van der Waals surface area contributed by atoms with Gasteiger partial charge in [-0.05, 0) is 31.2 Å². The van der Waals surface area contributed by atoms with Crippen molar-refractivity contribution >= 4 is 22.5 Å². The van der Waals surface area contributed by atoms with E-state index in [1.54, 1.807) is 25.2 Å². The fourth-order valence-corrected chi connectivity index (χ4v) is 2.71. The van der Waals surface area contributed by atoms with Gasteiger partial charge in [0, 0.05) is 18.7 Å². The first-order chi connectivity index (χ1) is 11.5.